The lowest BCUT2D eigenvalue weighted by Crippen LogP contribution is -2.37. The van der Waals surface area contributed by atoms with Gasteiger partial charge in [-0.15, -0.1) is 0 Å². The SMILES string of the molecule is CC/C=C\C/C=C\C/C=C\C/C=C\C/C=C\C/C=C\CCCCCCCCCCCCCCC(=O)OC(COC(=O)CCCCCCCCCCCCCCCCCCCCCC/C=C\C/C=C\C/C=C\C/C=C\CC)COP(=O)(O)OCC[N+](C)(C)C. The first-order valence-corrected chi connectivity index (χ1v) is 37.8. The molecule has 0 spiro atoms. The standard InChI is InChI=1S/C78H136NO8P/c1-6-8-10-12-14-16-18-20-22-24-26-28-30-32-34-36-38-39-41-42-44-46-48-50-52-54-56-58-60-62-64-66-68-70-77(80)84-74-76(75-86-88(82,83)85-73-72-79(3,4)5)87-78(81)71-69-67-65-63-61-59-57-55-53-51-49-47-45-43-40-37-35-33-31-29-27-25-23-21-19-17-15-13-11-9-7-2/h8-11,14-17,20-23,26-29,33,35,40,43,76H,6-7,12-13,18-19,24-25,30-32,34,36-39,41-42,44-75H2,1-5H3/p+1/b10-8-,11-9-,16-14-,17-15-,22-20-,23-21-,28-26-,29-27-,35-33-,43-40-. The van der Waals surface area contributed by atoms with Gasteiger partial charge in [0, 0.05) is 12.8 Å². The molecule has 0 saturated carbocycles. The van der Waals surface area contributed by atoms with Crippen LogP contribution in [0.5, 0.6) is 0 Å². The second kappa shape index (κ2) is 67.8. The van der Waals surface area contributed by atoms with Crippen LogP contribution >= 0.6 is 7.82 Å². The van der Waals surface area contributed by atoms with Crippen LogP contribution in [0.25, 0.3) is 0 Å². The fourth-order valence-electron chi connectivity index (χ4n) is 10.0. The van der Waals surface area contributed by atoms with E-state index in [9.17, 15) is 19.0 Å². The first-order chi connectivity index (χ1) is 43.0. The smallest absolute Gasteiger partial charge is 0.462 e. The zero-order valence-corrected chi connectivity index (χ0v) is 58.6. The van der Waals surface area contributed by atoms with Gasteiger partial charge in [0.1, 0.15) is 19.8 Å². The first-order valence-electron chi connectivity index (χ1n) is 36.3. The Hall–Kier alpha value is -3.59. The van der Waals surface area contributed by atoms with E-state index in [0.717, 1.165) is 103 Å². The normalized spacial score (nSPS) is 13.8. The molecule has 0 aromatic carbocycles. The summed E-state index contributed by atoms with van der Waals surface area (Å²) in [7, 11) is 1.48. The zero-order chi connectivity index (χ0) is 64.1. The maximum absolute atomic E-state index is 12.9. The van der Waals surface area contributed by atoms with Crippen LogP contribution in [-0.4, -0.2) is 74.9 Å². The minimum absolute atomic E-state index is 0.0281. The molecule has 0 aromatic rings. The van der Waals surface area contributed by atoms with E-state index in [1.165, 1.54) is 173 Å². The molecule has 9 nitrogen and oxygen atoms in total. The molecule has 0 heterocycles. The van der Waals surface area contributed by atoms with Crippen molar-refractivity contribution in [2.45, 2.75) is 315 Å². The fourth-order valence-corrected chi connectivity index (χ4v) is 10.8. The number of carbonyl (C=O) groups excluding carboxylic acids is 2. The summed E-state index contributed by atoms with van der Waals surface area (Å²) >= 11 is 0. The van der Waals surface area contributed by atoms with Gasteiger partial charge in [0.25, 0.3) is 0 Å². The molecule has 0 saturated heterocycles. The third-order valence-electron chi connectivity index (χ3n) is 15.5. The maximum atomic E-state index is 12.9. The molecule has 0 radical (unpaired) electrons. The van der Waals surface area contributed by atoms with Crippen LogP contribution in [0.3, 0.4) is 0 Å². The first kappa shape index (κ1) is 84.4. The number of quaternary nitrogens is 1. The average Bonchev–Trinajstić information content (AvgIpc) is 3.68. The fraction of sp³-hybridized carbons (Fsp3) is 0.718. The van der Waals surface area contributed by atoms with Gasteiger partial charge in [0.2, 0.25) is 0 Å². The number of likely N-dealkylation sites (N-methyl/N-ethyl adjacent to an activating group) is 1. The van der Waals surface area contributed by atoms with Gasteiger partial charge in [-0.1, -0.05) is 315 Å². The lowest BCUT2D eigenvalue weighted by molar-refractivity contribution is -0.870. The Labute approximate surface area is 543 Å². The van der Waals surface area contributed by atoms with E-state index in [1.807, 2.05) is 21.1 Å². The van der Waals surface area contributed by atoms with E-state index in [1.54, 1.807) is 0 Å². The van der Waals surface area contributed by atoms with Crippen molar-refractivity contribution in [1.29, 1.82) is 0 Å². The van der Waals surface area contributed by atoms with Crippen molar-refractivity contribution in [2.75, 3.05) is 47.5 Å². The molecule has 88 heavy (non-hydrogen) atoms. The number of ether oxygens (including phenoxy) is 2. The Morgan fingerprint density at radius 1 is 0.352 bits per heavy atom. The summed E-state index contributed by atoms with van der Waals surface area (Å²) in [6, 6.07) is 0. The number of phosphoric acid groups is 1. The zero-order valence-electron chi connectivity index (χ0n) is 57.7. The van der Waals surface area contributed by atoms with Crippen molar-refractivity contribution < 1.29 is 42.1 Å². The Morgan fingerprint density at radius 3 is 0.909 bits per heavy atom. The van der Waals surface area contributed by atoms with E-state index in [4.69, 9.17) is 18.5 Å². The van der Waals surface area contributed by atoms with Crippen molar-refractivity contribution >= 4 is 19.8 Å². The van der Waals surface area contributed by atoms with Crippen molar-refractivity contribution in [3.8, 4) is 0 Å². The van der Waals surface area contributed by atoms with Gasteiger partial charge in [-0.3, -0.25) is 18.6 Å². The highest BCUT2D eigenvalue weighted by atomic mass is 31.2. The highest BCUT2D eigenvalue weighted by Crippen LogP contribution is 2.43. The number of esters is 2. The Balaban J connectivity index is 4.03. The minimum Gasteiger partial charge on any atom is -0.462 e. The third-order valence-corrected chi connectivity index (χ3v) is 16.5. The van der Waals surface area contributed by atoms with Crippen LogP contribution in [-0.2, 0) is 32.7 Å². The molecular weight excluding hydrogens is 1110 g/mol. The van der Waals surface area contributed by atoms with Gasteiger partial charge in [-0.05, 0) is 103 Å². The van der Waals surface area contributed by atoms with Crippen LogP contribution < -0.4 is 0 Å². The highest BCUT2D eigenvalue weighted by molar-refractivity contribution is 7.47. The van der Waals surface area contributed by atoms with Crippen LogP contribution in [0.15, 0.2) is 122 Å². The number of nitrogens with zero attached hydrogens (tertiary/aromatic N) is 1. The maximum Gasteiger partial charge on any atom is 0.472 e. The lowest BCUT2D eigenvalue weighted by atomic mass is 10.0. The average molecular weight is 1250 g/mol. The Bertz CT molecular complexity index is 1900. The molecule has 2 atom stereocenters. The molecule has 10 heteroatoms. The Kier molecular flexibility index (Phi) is 65.0. The summed E-state index contributed by atoms with van der Waals surface area (Å²) < 4.78 is 34.8. The molecule has 1 N–H and O–H groups in total. The molecule has 0 aliphatic heterocycles. The van der Waals surface area contributed by atoms with E-state index >= 15 is 0 Å². The van der Waals surface area contributed by atoms with Crippen molar-refractivity contribution in [3.63, 3.8) is 0 Å². The van der Waals surface area contributed by atoms with Gasteiger partial charge in [0.15, 0.2) is 6.10 Å². The van der Waals surface area contributed by atoms with Crippen LogP contribution in [0.1, 0.15) is 309 Å². The number of carbonyl (C=O) groups is 2. The number of allylic oxidation sites excluding steroid dienone is 20. The molecule has 2 unspecified atom stereocenters. The summed E-state index contributed by atoms with van der Waals surface area (Å²) in [4.78, 5) is 35.9. The van der Waals surface area contributed by atoms with Crippen LogP contribution in [0, 0.1) is 0 Å². The van der Waals surface area contributed by atoms with Gasteiger partial charge in [-0.2, -0.15) is 0 Å². The summed E-state index contributed by atoms with van der Waals surface area (Å²) in [5.74, 6) is -0.793. The van der Waals surface area contributed by atoms with E-state index < -0.39 is 26.5 Å². The van der Waals surface area contributed by atoms with E-state index in [0.29, 0.717) is 17.4 Å². The minimum atomic E-state index is -4.40. The van der Waals surface area contributed by atoms with Gasteiger partial charge in [0.05, 0.1) is 27.7 Å². The van der Waals surface area contributed by atoms with Crippen molar-refractivity contribution in [3.05, 3.63) is 122 Å². The van der Waals surface area contributed by atoms with Crippen LogP contribution in [0.2, 0.25) is 0 Å². The largest absolute Gasteiger partial charge is 0.472 e. The lowest BCUT2D eigenvalue weighted by Gasteiger charge is -2.24. The van der Waals surface area contributed by atoms with Gasteiger partial charge >= 0.3 is 19.8 Å². The van der Waals surface area contributed by atoms with Gasteiger partial charge in [-0.25, -0.2) is 4.57 Å². The predicted molar refractivity (Wildman–Crippen MR) is 381 cm³/mol. The predicted octanol–water partition coefficient (Wildman–Crippen LogP) is 23.8. The summed E-state index contributed by atoms with van der Waals surface area (Å²) in [5.41, 5.74) is 0. The quantitative estimate of drug-likeness (QED) is 0.0211. The van der Waals surface area contributed by atoms with E-state index in [-0.39, 0.29) is 32.0 Å². The van der Waals surface area contributed by atoms with Crippen LogP contribution in [0.4, 0.5) is 0 Å². The van der Waals surface area contributed by atoms with Crippen molar-refractivity contribution in [2.24, 2.45) is 0 Å². The number of unbranched alkanes of at least 4 members (excludes halogenated alkanes) is 32. The summed E-state index contributed by atoms with van der Waals surface area (Å²) in [5, 5.41) is 0. The highest BCUT2D eigenvalue weighted by Gasteiger charge is 2.27. The Morgan fingerprint density at radius 2 is 0.614 bits per heavy atom. The molecule has 0 fully saturated rings. The molecular formula is C78H137NO8P+. The second-order valence-electron chi connectivity index (χ2n) is 25.2. The number of hydrogen-bond acceptors (Lipinski definition) is 7. The number of hydrogen-bond donors (Lipinski definition) is 1. The molecule has 0 aliphatic rings. The molecule has 0 bridgehead atoms. The number of phosphoric ester groups is 1. The van der Waals surface area contributed by atoms with Gasteiger partial charge < -0.3 is 18.9 Å². The molecule has 0 amide bonds. The summed E-state index contributed by atoms with van der Waals surface area (Å²) in [6.45, 7) is 4.23. The third kappa shape index (κ3) is 71.5. The molecule has 0 aromatic heterocycles. The molecule has 506 valence electrons. The van der Waals surface area contributed by atoms with Crippen molar-refractivity contribution in [1.82, 2.24) is 0 Å². The second-order valence-corrected chi connectivity index (χ2v) is 26.7. The number of rotatable bonds is 66. The van der Waals surface area contributed by atoms with E-state index in [2.05, 4.69) is 135 Å². The summed E-state index contributed by atoms with van der Waals surface area (Å²) in [6.07, 6.45) is 97.4. The molecule has 0 rings (SSSR count). The topological polar surface area (TPSA) is 108 Å². The monoisotopic (exact) mass is 1250 g/mol. The molecule has 0 aliphatic carbocycles.